The molecule has 0 bridgehead atoms. The van der Waals surface area contributed by atoms with Crippen LogP contribution in [0.4, 0.5) is 14.5 Å². The first kappa shape index (κ1) is 13.6. The molecule has 90 valence electrons. The van der Waals surface area contributed by atoms with Crippen LogP contribution in [0.15, 0.2) is 17.0 Å². The minimum Gasteiger partial charge on any atom is -0.399 e. The lowest BCUT2D eigenvalue weighted by atomic mass is 10.3. The van der Waals surface area contributed by atoms with Crippen LogP contribution in [0.1, 0.15) is 13.3 Å². The van der Waals surface area contributed by atoms with Gasteiger partial charge in [-0.15, -0.1) is 11.8 Å². The van der Waals surface area contributed by atoms with E-state index in [9.17, 15) is 8.78 Å². The molecule has 0 radical (unpaired) electrons. The Morgan fingerprint density at radius 1 is 1.19 bits per heavy atom. The Labute approximate surface area is 103 Å². The van der Waals surface area contributed by atoms with Crippen molar-refractivity contribution in [3.8, 4) is 0 Å². The van der Waals surface area contributed by atoms with Crippen molar-refractivity contribution in [3.05, 3.63) is 23.8 Å². The molecule has 0 saturated heterocycles. The van der Waals surface area contributed by atoms with E-state index in [2.05, 4.69) is 6.92 Å². The van der Waals surface area contributed by atoms with Crippen molar-refractivity contribution in [3.63, 3.8) is 0 Å². The molecule has 0 aliphatic heterocycles. The highest BCUT2D eigenvalue weighted by Gasteiger charge is 2.10. The zero-order valence-corrected chi connectivity index (χ0v) is 10.8. The number of halogens is 2. The van der Waals surface area contributed by atoms with Gasteiger partial charge in [0.1, 0.15) is 11.6 Å². The Balaban J connectivity index is 2.47. The molecule has 5 heteroatoms. The number of hydrogen-bond donors (Lipinski definition) is 1. The summed E-state index contributed by atoms with van der Waals surface area (Å²) in [7, 11) is 0. The quantitative estimate of drug-likeness (QED) is 0.480. The van der Waals surface area contributed by atoms with Gasteiger partial charge < -0.3 is 5.73 Å². The maximum atomic E-state index is 13.3. The highest BCUT2D eigenvalue weighted by Crippen LogP contribution is 2.27. The molecule has 0 fully saturated rings. The Hall–Kier alpha value is -0.420. The lowest BCUT2D eigenvalue weighted by Crippen LogP contribution is -1.94. The third-order valence-electron chi connectivity index (χ3n) is 1.90. The SMILES string of the molecule is CCSCCCSc1c(F)cc(N)cc1F. The fraction of sp³-hybridized carbons (Fsp3) is 0.455. The molecule has 0 amide bonds. The van der Waals surface area contributed by atoms with Crippen molar-refractivity contribution in [1.82, 2.24) is 0 Å². The fourth-order valence-electron chi connectivity index (χ4n) is 1.20. The van der Waals surface area contributed by atoms with E-state index in [0.29, 0.717) is 0 Å². The highest BCUT2D eigenvalue weighted by molar-refractivity contribution is 8.00. The van der Waals surface area contributed by atoms with Gasteiger partial charge in [-0.2, -0.15) is 11.8 Å². The van der Waals surface area contributed by atoms with Crippen LogP contribution in [-0.4, -0.2) is 17.3 Å². The molecule has 0 aliphatic carbocycles. The van der Waals surface area contributed by atoms with Crippen molar-refractivity contribution in [2.45, 2.75) is 18.2 Å². The summed E-state index contributed by atoms with van der Waals surface area (Å²) in [6.45, 7) is 2.09. The van der Waals surface area contributed by atoms with Crippen LogP contribution in [0.3, 0.4) is 0 Å². The zero-order chi connectivity index (χ0) is 12.0. The van der Waals surface area contributed by atoms with E-state index in [-0.39, 0.29) is 10.6 Å². The smallest absolute Gasteiger partial charge is 0.141 e. The number of thioether (sulfide) groups is 2. The molecule has 0 saturated carbocycles. The Morgan fingerprint density at radius 2 is 1.81 bits per heavy atom. The van der Waals surface area contributed by atoms with E-state index < -0.39 is 11.6 Å². The molecule has 0 atom stereocenters. The van der Waals surface area contributed by atoms with Crippen LogP contribution in [0.5, 0.6) is 0 Å². The second-order valence-corrected chi connectivity index (χ2v) is 5.71. The molecule has 1 rings (SSSR count). The van der Waals surface area contributed by atoms with Gasteiger partial charge in [0.25, 0.3) is 0 Å². The van der Waals surface area contributed by atoms with E-state index in [1.807, 2.05) is 11.8 Å². The molecule has 1 aromatic carbocycles. The van der Waals surface area contributed by atoms with E-state index in [1.54, 1.807) is 0 Å². The summed E-state index contributed by atoms with van der Waals surface area (Å²) in [6.07, 6.45) is 0.951. The predicted molar refractivity (Wildman–Crippen MR) is 69.1 cm³/mol. The standard InChI is InChI=1S/C11H15F2NS2/c1-2-15-4-3-5-16-11-9(12)6-8(14)7-10(11)13/h6-7H,2-5,14H2,1H3. The molecular weight excluding hydrogens is 248 g/mol. The van der Waals surface area contributed by atoms with Gasteiger partial charge in [0, 0.05) is 5.69 Å². The lowest BCUT2D eigenvalue weighted by Gasteiger charge is -2.05. The van der Waals surface area contributed by atoms with Gasteiger partial charge in [0.05, 0.1) is 4.90 Å². The molecule has 0 spiro atoms. The Kier molecular flexibility index (Phi) is 5.98. The van der Waals surface area contributed by atoms with Crippen LogP contribution in [-0.2, 0) is 0 Å². The van der Waals surface area contributed by atoms with Crippen LogP contribution in [0.25, 0.3) is 0 Å². The van der Waals surface area contributed by atoms with Gasteiger partial charge in [0.2, 0.25) is 0 Å². The van der Waals surface area contributed by atoms with E-state index in [4.69, 9.17) is 5.73 Å². The van der Waals surface area contributed by atoms with Gasteiger partial charge >= 0.3 is 0 Å². The summed E-state index contributed by atoms with van der Waals surface area (Å²) in [5.41, 5.74) is 5.46. The average molecular weight is 263 g/mol. The number of anilines is 1. The summed E-state index contributed by atoms with van der Waals surface area (Å²) in [5.74, 6) is 1.71. The van der Waals surface area contributed by atoms with Gasteiger partial charge in [-0.1, -0.05) is 6.92 Å². The number of hydrogen-bond acceptors (Lipinski definition) is 3. The number of benzene rings is 1. The summed E-state index contributed by atoms with van der Waals surface area (Å²) in [6, 6.07) is 2.32. The lowest BCUT2D eigenvalue weighted by molar-refractivity contribution is 0.542. The molecule has 0 heterocycles. The van der Waals surface area contributed by atoms with Crippen molar-refractivity contribution >= 4 is 29.2 Å². The number of rotatable bonds is 6. The molecule has 2 N–H and O–H groups in total. The molecule has 0 unspecified atom stereocenters. The minimum absolute atomic E-state index is 0.0794. The number of nitrogen functional groups attached to an aromatic ring is 1. The van der Waals surface area contributed by atoms with Crippen molar-refractivity contribution in [1.29, 1.82) is 0 Å². The summed E-state index contributed by atoms with van der Waals surface area (Å²) in [4.78, 5) is 0.0794. The van der Waals surface area contributed by atoms with E-state index in [0.717, 1.165) is 35.8 Å². The van der Waals surface area contributed by atoms with Crippen molar-refractivity contribution in [2.75, 3.05) is 23.0 Å². The third-order valence-corrected chi connectivity index (χ3v) is 4.06. The molecule has 16 heavy (non-hydrogen) atoms. The maximum absolute atomic E-state index is 13.3. The van der Waals surface area contributed by atoms with Gasteiger partial charge in [0.15, 0.2) is 0 Å². The third kappa shape index (κ3) is 4.22. The first-order chi connectivity index (χ1) is 7.65. The molecule has 0 aromatic heterocycles. The van der Waals surface area contributed by atoms with Crippen LogP contribution < -0.4 is 5.73 Å². The summed E-state index contributed by atoms with van der Waals surface area (Å²) < 4.78 is 26.7. The summed E-state index contributed by atoms with van der Waals surface area (Å²) in [5, 5.41) is 0. The van der Waals surface area contributed by atoms with Gasteiger partial charge in [-0.05, 0) is 35.8 Å². The largest absolute Gasteiger partial charge is 0.399 e. The van der Waals surface area contributed by atoms with Crippen LogP contribution >= 0.6 is 23.5 Å². The van der Waals surface area contributed by atoms with Crippen LogP contribution in [0, 0.1) is 11.6 Å². The molecule has 0 aliphatic rings. The Bertz CT molecular complexity index is 322. The second kappa shape index (κ2) is 7.01. The average Bonchev–Trinajstić information content (AvgIpc) is 2.20. The fourth-order valence-corrected chi connectivity index (χ4v) is 2.90. The zero-order valence-electron chi connectivity index (χ0n) is 9.13. The van der Waals surface area contributed by atoms with Gasteiger partial charge in [-0.25, -0.2) is 8.78 Å². The highest BCUT2D eigenvalue weighted by atomic mass is 32.2. The van der Waals surface area contributed by atoms with Gasteiger partial charge in [-0.3, -0.25) is 0 Å². The predicted octanol–water partition coefficient (Wildman–Crippen LogP) is 3.78. The van der Waals surface area contributed by atoms with Crippen molar-refractivity contribution < 1.29 is 8.78 Å². The first-order valence-corrected chi connectivity index (χ1v) is 7.24. The monoisotopic (exact) mass is 263 g/mol. The topological polar surface area (TPSA) is 26.0 Å². The maximum Gasteiger partial charge on any atom is 0.141 e. The summed E-state index contributed by atoms with van der Waals surface area (Å²) >= 11 is 3.05. The van der Waals surface area contributed by atoms with Crippen LogP contribution in [0.2, 0.25) is 0 Å². The minimum atomic E-state index is -0.564. The molecule has 1 nitrogen and oxygen atoms in total. The molecule has 1 aromatic rings. The molecular formula is C11H15F2NS2. The van der Waals surface area contributed by atoms with E-state index >= 15 is 0 Å². The van der Waals surface area contributed by atoms with E-state index in [1.165, 1.54) is 11.8 Å². The Morgan fingerprint density at radius 3 is 2.38 bits per heavy atom. The van der Waals surface area contributed by atoms with Crippen molar-refractivity contribution in [2.24, 2.45) is 0 Å². The normalized spacial score (nSPS) is 10.7. The number of nitrogens with two attached hydrogens (primary N) is 1. The first-order valence-electron chi connectivity index (χ1n) is 5.10. The second-order valence-electron chi connectivity index (χ2n) is 3.21.